The molecule has 18 heavy (non-hydrogen) atoms. The van der Waals surface area contributed by atoms with E-state index >= 15 is 0 Å². The SMILES string of the molecule is Cc1ccc(F)c(B2OC(C)(C)C(C)(C)O2)c1Cl. The number of hydrogen-bond acceptors (Lipinski definition) is 2. The minimum atomic E-state index is -0.762. The van der Waals surface area contributed by atoms with Crippen molar-refractivity contribution in [2.75, 3.05) is 0 Å². The van der Waals surface area contributed by atoms with Gasteiger partial charge in [0.15, 0.2) is 0 Å². The Kier molecular flexibility index (Phi) is 3.25. The van der Waals surface area contributed by atoms with Crippen LogP contribution < -0.4 is 5.46 Å². The molecule has 1 aromatic carbocycles. The van der Waals surface area contributed by atoms with Crippen LogP contribution in [0.15, 0.2) is 12.1 Å². The van der Waals surface area contributed by atoms with E-state index in [0.717, 1.165) is 5.56 Å². The van der Waals surface area contributed by atoms with Gasteiger partial charge in [0.2, 0.25) is 0 Å². The average Bonchev–Trinajstić information content (AvgIpc) is 2.43. The molecule has 5 heteroatoms. The third kappa shape index (κ3) is 2.06. The third-order valence-electron chi connectivity index (χ3n) is 3.81. The zero-order chi connectivity index (χ0) is 13.7. The minimum absolute atomic E-state index is 0.287. The molecule has 0 saturated carbocycles. The van der Waals surface area contributed by atoms with Crippen LogP contribution >= 0.6 is 11.6 Å². The Bertz CT molecular complexity index is 472. The Morgan fingerprint density at radius 3 is 2.11 bits per heavy atom. The molecule has 1 aromatic rings. The van der Waals surface area contributed by atoms with E-state index in [9.17, 15) is 4.39 Å². The topological polar surface area (TPSA) is 18.5 Å². The Labute approximate surface area is 113 Å². The largest absolute Gasteiger partial charge is 0.499 e. The van der Waals surface area contributed by atoms with Gasteiger partial charge < -0.3 is 9.31 Å². The molecule has 0 bridgehead atoms. The van der Waals surface area contributed by atoms with Gasteiger partial charge in [-0.2, -0.15) is 0 Å². The van der Waals surface area contributed by atoms with Gasteiger partial charge in [0.1, 0.15) is 5.82 Å². The maximum Gasteiger partial charge on any atom is 0.499 e. The Hall–Kier alpha value is -0.575. The lowest BCUT2D eigenvalue weighted by Crippen LogP contribution is -2.41. The molecule has 0 aliphatic carbocycles. The van der Waals surface area contributed by atoms with Crippen molar-refractivity contribution >= 4 is 24.2 Å². The van der Waals surface area contributed by atoms with Crippen molar-refractivity contribution in [3.63, 3.8) is 0 Å². The lowest BCUT2D eigenvalue weighted by molar-refractivity contribution is 0.00578. The van der Waals surface area contributed by atoms with Crippen LogP contribution in [0.25, 0.3) is 0 Å². The van der Waals surface area contributed by atoms with Crippen LogP contribution in [-0.4, -0.2) is 18.3 Å². The molecule has 0 amide bonds. The lowest BCUT2D eigenvalue weighted by Gasteiger charge is -2.32. The first kappa shape index (κ1) is 13.8. The summed E-state index contributed by atoms with van der Waals surface area (Å²) < 4.78 is 25.6. The second-order valence-electron chi connectivity index (χ2n) is 5.68. The molecule has 0 unspecified atom stereocenters. The van der Waals surface area contributed by atoms with E-state index in [-0.39, 0.29) is 5.46 Å². The summed E-state index contributed by atoms with van der Waals surface area (Å²) in [6, 6.07) is 3.04. The van der Waals surface area contributed by atoms with Gasteiger partial charge in [-0.15, -0.1) is 0 Å². The van der Waals surface area contributed by atoms with Crippen LogP contribution in [0.3, 0.4) is 0 Å². The van der Waals surface area contributed by atoms with Crippen molar-refractivity contribution in [1.29, 1.82) is 0 Å². The van der Waals surface area contributed by atoms with Crippen LogP contribution in [-0.2, 0) is 9.31 Å². The molecule has 0 N–H and O–H groups in total. The summed E-state index contributed by atoms with van der Waals surface area (Å²) in [5.41, 5.74) is 0.0899. The molecule has 0 atom stereocenters. The molecule has 1 aliphatic heterocycles. The van der Waals surface area contributed by atoms with Crippen molar-refractivity contribution < 1.29 is 13.7 Å². The predicted molar refractivity (Wildman–Crippen MR) is 71.9 cm³/mol. The Balaban J connectivity index is 2.44. The zero-order valence-electron chi connectivity index (χ0n) is 11.3. The first-order valence-corrected chi connectivity index (χ1v) is 6.33. The first-order valence-electron chi connectivity index (χ1n) is 5.96. The second kappa shape index (κ2) is 4.22. The normalized spacial score (nSPS) is 21.4. The molecule has 2 rings (SSSR count). The fourth-order valence-electron chi connectivity index (χ4n) is 1.86. The van der Waals surface area contributed by atoms with Gasteiger partial charge >= 0.3 is 7.12 Å². The average molecular weight is 271 g/mol. The van der Waals surface area contributed by atoms with Crippen LogP contribution in [0, 0.1) is 12.7 Å². The first-order chi connectivity index (χ1) is 8.16. The quantitative estimate of drug-likeness (QED) is 0.730. The van der Waals surface area contributed by atoms with Gasteiger partial charge in [0.05, 0.1) is 11.2 Å². The molecular weight excluding hydrogens is 253 g/mol. The minimum Gasteiger partial charge on any atom is -0.399 e. The number of hydrogen-bond donors (Lipinski definition) is 0. The van der Waals surface area contributed by atoms with Crippen LogP contribution in [0.2, 0.25) is 5.02 Å². The summed E-state index contributed by atoms with van der Waals surface area (Å²) >= 11 is 6.16. The van der Waals surface area contributed by atoms with Crippen molar-refractivity contribution in [2.45, 2.75) is 45.8 Å². The highest BCUT2D eigenvalue weighted by Crippen LogP contribution is 2.37. The van der Waals surface area contributed by atoms with E-state index < -0.39 is 24.1 Å². The highest BCUT2D eigenvalue weighted by molar-refractivity contribution is 6.65. The highest BCUT2D eigenvalue weighted by atomic mass is 35.5. The lowest BCUT2D eigenvalue weighted by atomic mass is 9.78. The smallest absolute Gasteiger partial charge is 0.399 e. The van der Waals surface area contributed by atoms with E-state index in [1.807, 2.05) is 34.6 Å². The van der Waals surface area contributed by atoms with E-state index in [4.69, 9.17) is 20.9 Å². The number of benzene rings is 1. The molecule has 1 fully saturated rings. The van der Waals surface area contributed by atoms with Gasteiger partial charge in [-0.05, 0) is 46.2 Å². The van der Waals surface area contributed by atoms with Crippen molar-refractivity contribution in [2.24, 2.45) is 0 Å². The second-order valence-corrected chi connectivity index (χ2v) is 6.06. The monoisotopic (exact) mass is 270 g/mol. The van der Waals surface area contributed by atoms with Gasteiger partial charge in [0, 0.05) is 10.5 Å². The molecule has 1 heterocycles. The summed E-state index contributed by atoms with van der Waals surface area (Å²) in [5, 5.41) is 0.369. The Morgan fingerprint density at radius 2 is 1.61 bits per heavy atom. The van der Waals surface area contributed by atoms with Crippen LogP contribution in [0.1, 0.15) is 33.3 Å². The molecule has 1 saturated heterocycles. The maximum atomic E-state index is 13.9. The molecule has 0 aromatic heterocycles. The Morgan fingerprint density at radius 1 is 1.11 bits per heavy atom. The van der Waals surface area contributed by atoms with Gasteiger partial charge in [-0.3, -0.25) is 0 Å². The molecule has 2 nitrogen and oxygen atoms in total. The third-order valence-corrected chi connectivity index (χ3v) is 4.31. The van der Waals surface area contributed by atoms with Crippen molar-refractivity contribution in [3.8, 4) is 0 Å². The van der Waals surface area contributed by atoms with E-state index in [1.54, 1.807) is 6.07 Å². The summed E-state index contributed by atoms with van der Waals surface area (Å²) in [5.74, 6) is -0.399. The van der Waals surface area contributed by atoms with Crippen molar-refractivity contribution in [3.05, 3.63) is 28.5 Å². The van der Waals surface area contributed by atoms with Crippen LogP contribution in [0.5, 0.6) is 0 Å². The van der Waals surface area contributed by atoms with E-state index in [1.165, 1.54) is 6.07 Å². The van der Waals surface area contributed by atoms with E-state index in [2.05, 4.69) is 0 Å². The summed E-state index contributed by atoms with van der Waals surface area (Å²) in [6.07, 6.45) is 0. The maximum absolute atomic E-state index is 13.9. The fourth-order valence-corrected chi connectivity index (χ4v) is 2.10. The molecule has 0 radical (unpaired) electrons. The highest BCUT2D eigenvalue weighted by Gasteiger charge is 2.53. The fraction of sp³-hybridized carbons (Fsp3) is 0.538. The summed E-state index contributed by atoms with van der Waals surface area (Å²) in [7, 11) is -0.762. The number of aryl methyl sites for hydroxylation is 1. The van der Waals surface area contributed by atoms with Gasteiger partial charge in [-0.25, -0.2) is 4.39 Å². The van der Waals surface area contributed by atoms with Crippen LogP contribution in [0.4, 0.5) is 4.39 Å². The molecule has 1 aliphatic rings. The predicted octanol–water partition coefficient (Wildman–Crippen LogP) is 3.09. The molecular formula is C13H17BClFO2. The van der Waals surface area contributed by atoms with Gasteiger partial charge in [0.25, 0.3) is 0 Å². The van der Waals surface area contributed by atoms with Crippen molar-refractivity contribution in [1.82, 2.24) is 0 Å². The zero-order valence-corrected chi connectivity index (χ0v) is 12.1. The molecule has 0 spiro atoms. The number of halogens is 2. The number of rotatable bonds is 1. The molecule has 98 valence electrons. The van der Waals surface area contributed by atoms with E-state index in [0.29, 0.717) is 5.02 Å². The summed E-state index contributed by atoms with van der Waals surface area (Å²) in [6.45, 7) is 9.53. The van der Waals surface area contributed by atoms with Gasteiger partial charge in [-0.1, -0.05) is 17.7 Å². The summed E-state index contributed by atoms with van der Waals surface area (Å²) in [4.78, 5) is 0. The standard InChI is InChI=1S/C13H17BClFO2/c1-8-6-7-9(16)10(11(8)15)14-17-12(2,3)13(4,5)18-14/h6-7H,1-5H3.